The van der Waals surface area contributed by atoms with E-state index in [9.17, 15) is 18.0 Å². The van der Waals surface area contributed by atoms with Crippen LogP contribution < -0.4 is 5.73 Å². The number of carbonyl (C=O) groups is 2. The maximum absolute atomic E-state index is 13.8. The summed E-state index contributed by atoms with van der Waals surface area (Å²) in [5.74, 6) is 1.45. The number of nitrogens with two attached hydrogens (primary N) is 1. The van der Waals surface area contributed by atoms with Gasteiger partial charge >= 0.3 is 0 Å². The number of carbonyl (C=O) groups excluding carboxylic acids is 2. The molecule has 3 aromatic heterocycles. The fraction of sp³-hybridized carbons (Fsp3) is 0.484. The van der Waals surface area contributed by atoms with Crippen LogP contribution in [0.15, 0.2) is 36.5 Å². The van der Waals surface area contributed by atoms with Crippen molar-refractivity contribution in [1.82, 2.24) is 28.3 Å². The lowest BCUT2D eigenvalue weighted by molar-refractivity contribution is 0.0700. The van der Waals surface area contributed by atoms with E-state index in [4.69, 9.17) is 10.7 Å². The Balaban J connectivity index is 1.29. The normalized spacial score (nSPS) is 24.3. The highest BCUT2D eigenvalue weighted by atomic mass is 32.2. The van der Waals surface area contributed by atoms with Crippen LogP contribution in [0.3, 0.4) is 0 Å². The van der Waals surface area contributed by atoms with Crippen LogP contribution in [0.2, 0.25) is 0 Å². The highest BCUT2D eigenvalue weighted by Crippen LogP contribution is 2.41. The summed E-state index contributed by atoms with van der Waals surface area (Å²) < 4.78 is 31.0. The van der Waals surface area contributed by atoms with E-state index in [0.29, 0.717) is 59.5 Å². The van der Waals surface area contributed by atoms with E-state index >= 15 is 0 Å². The van der Waals surface area contributed by atoms with Gasteiger partial charge in [0.2, 0.25) is 10.0 Å². The van der Waals surface area contributed by atoms with Crippen molar-refractivity contribution in [2.24, 2.45) is 17.6 Å². The number of fused-ring (bicyclic) bond motifs is 4. The lowest BCUT2D eigenvalue weighted by atomic mass is 10.0. The largest absolute Gasteiger partial charge is 0.334 e. The van der Waals surface area contributed by atoms with Gasteiger partial charge in [-0.25, -0.2) is 18.4 Å². The SMILES string of the molecule is CCS(=O)(=O)N1CC(n2c(-c3cc4cccnc4n3CC3CC3)nc3cc(C(=O)N4CC5CCC4[C@@H]5N)cc(C=O)c32)C1. The number of piperidine rings is 1. The minimum Gasteiger partial charge on any atom is -0.334 e. The standard InChI is InChI=1S/C31H35N7O4S/c1-2-43(41,42)35-15-23(16-35)38-28-22(17-39)10-21(31(40)37-14-20-7-8-25(37)27(20)32)11-24(28)34-30(38)26-12-19-4-3-9-33-29(19)36(26)13-18-5-6-18/h3-4,9-12,17-18,20,23,25,27H,2,5-8,13-16,32H2,1H3/t20?,25?,27-/m1/s1. The predicted molar refractivity (Wildman–Crippen MR) is 162 cm³/mol. The number of nitrogens with zero attached hydrogens (tertiary/aromatic N) is 6. The van der Waals surface area contributed by atoms with E-state index in [-0.39, 0.29) is 29.8 Å². The molecule has 2 unspecified atom stereocenters. The molecule has 4 aromatic rings. The van der Waals surface area contributed by atoms with Crippen molar-refractivity contribution >= 4 is 44.3 Å². The number of likely N-dealkylation sites (tertiary alicyclic amines) is 1. The minimum atomic E-state index is -3.35. The number of hydrogen-bond acceptors (Lipinski definition) is 7. The highest BCUT2D eigenvalue weighted by Gasteiger charge is 2.47. The topological polar surface area (TPSA) is 136 Å². The molecule has 2 N–H and O–H groups in total. The molecule has 2 bridgehead atoms. The second-order valence-electron chi connectivity index (χ2n) is 12.7. The zero-order valence-corrected chi connectivity index (χ0v) is 24.9. The zero-order valence-electron chi connectivity index (χ0n) is 24.1. The van der Waals surface area contributed by atoms with Gasteiger partial charge in [-0.1, -0.05) is 0 Å². The van der Waals surface area contributed by atoms with E-state index in [0.717, 1.165) is 55.2 Å². The van der Waals surface area contributed by atoms with E-state index in [1.807, 2.05) is 21.6 Å². The minimum absolute atomic E-state index is 0.00742. The van der Waals surface area contributed by atoms with E-state index in [1.54, 1.807) is 25.3 Å². The van der Waals surface area contributed by atoms with Gasteiger partial charge in [-0.05, 0) is 74.8 Å². The maximum atomic E-state index is 13.8. The number of rotatable bonds is 8. The lowest BCUT2D eigenvalue weighted by Crippen LogP contribution is -2.51. The summed E-state index contributed by atoms with van der Waals surface area (Å²) in [6.45, 7) is 3.68. The average Bonchev–Trinajstić information content (AvgIpc) is 3.33. The Bertz CT molecular complexity index is 1900. The van der Waals surface area contributed by atoms with Crippen LogP contribution in [0, 0.1) is 11.8 Å². The van der Waals surface area contributed by atoms with Crippen LogP contribution in [0.1, 0.15) is 59.4 Å². The second-order valence-corrected chi connectivity index (χ2v) is 14.9. The highest BCUT2D eigenvalue weighted by molar-refractivity contribution is 7.89. The molecule has 4 fully saturated rings. The molecule has 8 rings (SSSR count). The van der Waals surface area contributed by atoms with Crippen LogP contribution in [0.5, 0.6) is 0 Å². The molecule has 0 spiro atoms. The number of aromatic nitrogens is 4. The summed E-state index contributed by atoms with van der Waals surface area (Å²) in [5.41, 5.74) is 10.1. The summed E-state index contributed by atoms with van der Waals surface area (Å²) in [6.07, 6.45) is 6.84. The van der Waals surface area contributed by atoms with Crippen molar-refractivity contribution in [3.63, 3.8) is 0 Å². The van der Waals surface area contributed by atoms with Crippen LogP contribution >= 0.6 is 0 Å². The maximum Gasteiger partial charge on any atom is 0.254 e. The van der Waals surface area contributed by atoms with Gasteiger partial charge in [0.25, 0.3) is 5.91 Å². The first-order valence-corrected chi connectivity index (χ1v) is 16.9. The number of benzene rings is 1. The summed E-state index contributed by atoms with van der Waals surface area (Å²) in [6, 6.07) is 9.27. The van der Waals surface area contributed by atoms with Crippen molar-refractivity contribution in [2.45, 2.75) is 57.3 Å². The number of amides is 1. The van der Waals surface area contributed by atoms with Crippen LogP contribution in [-0.2, 0) is 16.6 Å². The second kappa shape index (κ2) is 9.70. The first-order chi connectivity index (χ1) is 20.8. The Morgan fingerprint density at radius 3 is 2.60 bits per heavy atom. The number of sulfonamides is 1. The van der Waals surface area contributed by atoms with Gasteiger partial charge in [0, 0.05) is 61.0 Å². The van der Waals surface area contributed by atoms with Gasteiger partial charge in [0.1, 0.15) is 5.65 Å². The average molecular weight is 602 g/mol. The summed E-state index contributed by atoms with van der Waals surface area (Å²) in [4.78, 5) is 38.1. The smallest absolute Gasteiger partial charge is 0.254 e. The van der Waals surface area contributed by atoms with Crippen molar-refractivity contribution in [3.05, 3.63) is 47.7 Å². The monoisotopic (exact) mass is 601 g/mol. The van der Waals surface area contributed by atoms with Gasteiger partial charge in [-0.2, -0.15) is 4.31 Å². The molecular formula is C31H35N7O4S. The summed E-state index contributed by atoms with van der Waals surface area (Å²) in [5, 5.41) is 0.993. The zero-order chi connectivity index (χ0) is 29.6. The fourth-order valence-corrected chi connectivity index (χ4v) is 8.63. The molecule has 2 saturated heterocycles. The Morgan fingerprint density at radius 1 is 1.12 bits per heavy atom. The van der Waals surface area contributed by atoms with Gasteiger partial charge < -0.3 is 19.8 Å². The summed E-state index contributed by atoms with van der Waals surface area (Å²) in [7, 11) is -3.35. The molecule has 1 amide bonds. The molecule has 224 valence electrons. The van der Waals surface area contributed by atoms with Crippen molar-refractivity contribution < 1.29 is 18.0 Å². The molecule has 11 nitrogen and oxygen atoms in total. The van der Waals surface area contributed by atoms with Gasteiger partial charge in [-0.15, -0.1) is 0 Å². The van der Waals surface area contributed by atoms with E-state index < -0.39 is 10.0 Å². The quantitative estimate of drug-likeness (QED) is 0.307. The molecule has 2 saturated carbocycles. The van der Waals surface area contributed by atoms with Crippen molar-refractivity contribution in [3.8, 4) is 11.5 Å². The Morgan fingerprint density at radius 2 is 1.93 bits per heavy atom. The fourth-order valence-electron chi connectivity index (χ4n) is 7.47. The third-order valence-corrected chi connectivity index (χ3v) is 11.9. The molecule has 2 aliphatic carbocycles. The third kappa shape index (κ3) is 4.17. The lowest BCUT2D eigenvalue weighted by Gasteiger charge is -2.39. The van der Waals surface area contributed by atoms with Gasteiger partial charge in [0.15, 0.2) is 12.1 Å². The third-order valence-electron chi connectivity index (χ3n) is 10.1. The Labute approximate surface area is 249 Å². The number of imidazole rings is 1. The molecule has 0 radical (unpaired) electrons. The first kappa shape index (κ1) is 27.0. The van der Waals surface area contributed by atoms with Crippen LogP contribution in [0.25, 0.3) is 33.6 Å². The molecular weight excluding hydrogens is 566 g/mol. The van der Waals surface area contributed by atoms with E-state index in [1.165, 1.54) is 4.31 Å². The number of hydrogen-bond donors (Lipinski definition) is 1. The molecule has 12 heteroatoms. The van der Waals surface area contributed by atoms with Crippen LogP contribution in [0.4, 0.5) is 0 Å². The Kier molecular flexibility index (Phi) is 6.08. The van der Waals surface area contributed by atoms with Crippen molar-refractivity contribution in [1.29, 1.82) is 0 Å². The van der Waals surface area contributed by atoms with Gasteiger partial charge in [-0.3, -0.25) is 9.59 Å². The number of pyridine rings is 1. The molecule has 2 aliphatic heterocycles. The Hall–Kier alpha value is -3.61. The summed E-state index contributed by atoms with van der Waals surface area (Å²) >= 11 is 0. The number of aldehydes is 1. The predicted octanol–water partition coefficient (Wildman–Crippen LogP) is 3.04. The molecule has 3 atom stereocenters. The van der Waals surface area contributed by atoms with Crippen LogP contribution in [-0.4, -0.2) is 86.4 Å². The van der Waals surface area contributed by atoms with Crippen molar-refractivity contribution in [2.75, 3.05) is 25.4 Å². The molecule has 1 aromatic carbocycles. The first-order valence-electron chi connectivity index (χ1n) is 15.3. The molecule has 43 heavy (non-hydrogen) atoms. The van der Waals surface area contributed by atoms with E-state index in [2.05, 4.69) is 15.6 Å². The molecule has 5 heterocycles. The molecule has 4 aliphatic rings. The van der Waals surface area contributed by atoms with Gasteiger partial charge in [0.05, 0.1) is 28.5 Å².